The number of carbonyl (C=O) groups is 1. The summed E-state index contributed by atoms with van der Waals surface area (Å²) in [6, 6.07) is 22.1. The molecule has 2 aromatic carbocycles. The van der Waals surface area contributed by atoms with Gasteiger partial charge in [-0.2, -0.15) is 0 Å². The minimum Gasteiger partial charge on any atom is -0.330 e. The molecule has 0 saturated carbocycles. The Hall–Kier alpha value is -3.53. The number of fused-ring (bicyclic) bond motifs is 1. The van der Waals surface area contributed by atoms with Gasteiger partial charge in [-0.05, 0) is 48.2 Å². The van der Waals surface area contributed by atoms with Crippen LogP contribution in [0.2, 0.25) is 0 Å². The van der Waals surface area contributed by atoms with Crippen molar-refractivity contribution in [1.29, 1.82) is 0 Å². The maximum absolute atomic E-state index is 13.7. The van der Waals surface area contributed by atoms with E-state index in [2.05, 4.69) is 41.2 Å². The van der Waals surface area contributed by atoms with E-state index < -0.39 is 0 Å². The van der Waals surface area contributed by atoms with E-state index in [1.165, 1.54) is 5.56 Å². The Morgan fingerprint density at radius 1 is 0.900 bits per heavy atom. The normalized spacial score (nSPS) is 10.9. The van der Waals surface area contributed by atoms with Crippen LogP contribution < -0.4 is 0 Å². The predicted molar refractivity (Wildman–Crippen MR) is 120 cm³/mol. The van der Waals surface area contributed by atoms with Gasteiger partial charge in [0.1, 0.15) is 0 Å². The summed E-state index contributed by atoms with van der Waals surface area (Å²) in [5.41, 5.74) is 5.78. The largest absolute Gasteiger partial charge is 0.330 e. The Morgan fingerprint density at radius 2 is 1.63 bits per heavy atom. The average Bonchev–Trinajstić information content (AvgIpc) is 2.78. The van der Waals surface area contributed by atoms with Crippen LogP contribution in [0, 0.1) is 6.92 Å². The Bertz CT molecular complexity index is 1150. The maximum Gasteiger partial charge on any atom is 0.255 e. The summed E-state index contributed by atoms with van der Waals surface area (Å²) in [5, 5.41) is 0.880. The number of hydrogen-bond donors (Lipinski definition) is 0. The van der Waals surface area contributed by atoms with Gasteiger partial charge >= 0.3 is 0 Å². The van der Waals surface area contributed by atoms with Gasteiger partial charge in [-0.15, -0.1) is 0 Å². The smallest absolute Gasteiger partial charge is 0.255 e. The van der Waals surface area contributed by atoms with Gasteiger partial charge in [0, 0.05) is 36.6 Å². The van der Waals surface area contributed by atoms with Gasteiger partial charge in [0.2, 0.25) is 0 Å². The summed E-state index contributed by atoms with van der Waals surface area (Å²) in [4.78, 5) is 24.4. The first-order chi connectivity index (χ1) is 14.6. The molecule has 0 spiro atoms. The van der Waals surface area contributed by atoms with Gasteiger partial charge in [-0.1, -0.05) is 55.5 Å². The molecule has 0 atom stereocenters. The highest BCUT2D eigenvalue weighted by Crippen LogP contribution is 2.22. The lowest BCUT2D eigenvalue weighted by Crippen LogP contribution is -2.30. The van der Waals surface area contributed by atoms with Crippen molar-refractivity contribution in [2.24, 2.45) is 0 Å². The first-order valence-electron chi connectivity index (χ1n) is 10.3. The molecule has 0 N–H and O–H groups in total. The zero-order valence-corrected chi connectivity index (χ0v) is 17.4. The second-order valence-corrected chi connectivity index (χ2v) is 7.52. The number of para-hydroxylation sites is 1. The van der Waals surface area contributed by atoms with E-state index in [0.717, 1.165) is 34.1 Å². The van der Waals surface area contributed by atoms with E-state index in [1.807, 2.05) is 60.5 Å². The van der Waals surface area contributed by atoms with Crippen molar-refractivity contribution in [1.82, 2.24) is 14.9 Å². The summed E-state index contributed by atoms with van der Waals surface area (Å²) in [7, 11) is 0. The van der Waals surface area contributed by atoms with Crippen molar-refractivity contribution in [2.45, 2.75) is 33.4 Å². The van der Waals surface area contributed by atoms with E-state index >= 15 is 0 Å². The van der Waals surface area contributed by atoms with Crippen LogP contribution in [0.15, 0.2) is 79.1 Å². The van der Waals surface area contributed by atoms with E-state index in [0.29, 0.717) is 18.7 Å². The van der Waals surface area contributed by atoms with Crippen LogP contribution in [0.1, 0.15) is 39.7 Å². The molecule has 0 aliphatic carbocycles. The topological polar surface area (TPSA) is 46.1 Å². The second kappa shape index (κ2) is 8.87. The molecule has 2 aromatic heterocycles. The van der Waals surface area contributed by atoms with Gasteiger partial charge in [0.05, 0.1) is 11.1 Å². The fraction of sp³-hybridized carbons (Fsp3) is 0.192. The minimum absolute atomic E-state index is 0.000112. The van der Waals surface area contributed by atoms with Crippen LogP contribution >= 0.6 is 0 Å². The number of amides is 1. The lowest BCUT2D eigenvalue weighted by atomic mass is 10.0. The molecule has 4 nitrogen and oxygen atoms in total. The van der Waals surface area contributed by atoms with E-state index in [9.17, 15) is 4.79 Å². The number of aromatic nitrogens is 2. The van der Waals surface area contributed by atoms with Gasteiger partial charge in [-0.25, -0.2) is 0 Å². The molecule has 2 heterocycles. The van der Waals surface area contributed by atoms with Crippen LogP contribution in [-0.2, 0) is 19.5 Å². The first kappa shape index (κ1) is 19.8. The van der Waals surface area contributed by atoms with Gasteiger partial charge in [-0.3, -0.25) is 14.8 Å². The molecule has 0 bridgehead atoms. The van der Waals surface area contributed by atoms with Crippen molar-refractivity contribution in [2.75, 3.05) is 0 Å². The van der Waals surface area contributed by atoms with Gasteiger partial charge in [0.15, 0.2) is 0 Å². The van der Waals surface area contributed by atoms with Crippen molar-refractivity contribution in [3.8, 4) is 0 Å². The number of aryl methyl sites for hydroxylation is 2. The molecule has 0 saturated heterocycles. The summed E-state index contributed by atoms with van der Waals surface area (Å²) in [6.07, 6.45) is 4.57. The molecule has 30 heavy (non-hydrogen) atoms. The van der Waals surface area contributed by atoms with Crippen LogP contribution in [0.3, 0.4) is 0 Å². The van der Waals surface area contributed by atoms with Gasteiger partial charge in [0.25, 0.3) is 5.91 Å². The number of pyridine rings is 2. The van der Waals surface area contributed by atoms with E-state index in [1.54, 1.807) is 6.20 Å². The standard InChI is InChI=1S/C26H25N3O/c1-3-20-10-12-21(13-11-20)17-29(18-22-7-6-14-27-16-22)26(30)24-15-19(2)28-25-9-5-4-8-23(24)25/h4-16H,3,17-18H2,1-2H3. The first-order valence-corrected chi connectivity index (χ1v) is 10.3. The molecule has 0 radical (unpaired) electrons. The molecule has 0 unspecified atom stereocenters. The molecule has 0 aliphatic heterocycles. The molecule has 4 aromatic rings. The molecular weight excluding hydrogens is 370 g/mol. The van der Waals surface area contributed by atoms with Crippen molar-refractivity contribution in [3.05, 3.63) is 107 Å². The summed E-state index contributed by atoms with van der Waals surface area (Å²) in [5.74, 6) is 0.000112. The third-order valence-corrected chi connectivity index (χ3v) is 5.26. The zero-order valence-electron chi connectivity index (χ0n) is 17.4. The highest BCUT2D eigenvalue weighted by molar-refractivity contribution is 6.06. The van der Waals surface area contributed by atoms with E-state index in [-0.39, 0.29) is 5.91 Å². The van der Waals surface area contributed by atoms with Crippen LogP contribution in [-0.4, -0.2) is 20.8 Å². The SMILES string of the molecule is CCc1ccc(CN(Cc2cccnc2)C(=O)c2cc(C)nc3ccccc23)cc1. The molecule has 4 heteroatoms. The Morgan fingerprint density at radius 3 is 2.37 bits per heavy atom. The van der Waals surface area contributed by atoms with Crippen molar-refractivity contribution < 1.29 is 4.79 Å². The highest BCUT2D eigenvalue weighted by atomic mass is 16.2. The quantitative estimate of drug-likeness (QED) is 0.442. The highest BCUT2D eigenvalue weighted by Gasteiger charge is 2.20. The number of carbonyl (C=O) groups excluding carboxylic acids is 1. The lowest BCUT2D eigenvalue weighted by molar-refractivity contribution is 0.0731. The fourth-order valence-corrected chi connectivity index (χ4v) is 3.67. The summed E-state index contributed by atoms with van der Waals surface area (Å²) < 4.78 is 0. The fourth-order valence-electron chi connectivity index (χ4n) is 3.67. The molecule has 150 valence electrons. The van der Waals surface area contributed by atoms with Gasteiger partial charge < -0.3 is 4.90 Å². The monoisotopic (exact) mass is 395 g/mol. The number of rotatable bonds is 6. The predicted octanol–water partition coefficient (Wildman–Crippen LogP) is 5.34. The lowest BCUT2D eigenvalue weighted by Gasteiger charge is -2.24. The summed E-state index contributed by atoms with van der Waals surface area (Å²) >= 11 is 0. The molecular formula is C26H25N3O. The number of nitrogens with zero attached hydrogens (tertiary/aromatic N) is 3. The van der Waals surface area contributed by atoms with Crippen LogP contribution in [0.25, 0.3) is 10.9 Å². The third kappa shape index (κ3) is 4.38. The average molecular weight is 396 g/mol. The Labute approximate surface area is 177 Å². The third-order valence-electron chi connectivity index (χ3n) is 5.26. The van der Waals surface area contributed by atoms with Crippen LogP contribution in [0.4, 0.5) is 0 Å². The number of hydrogen-bond acceptors (Lipinski definition) is 3. The molecule has 0 aliphatic rings. The molecule has 0 fully saturated rings. The molecule has 1 amide bonds. The maximum atomic E-state index is 13.7. The molecule has 4 rings (SSSR count). The van der Waals surface area contributed by atoms with E-state index in [4.69, 9.17) is 0 Å². The zero-order chi connectivity index (χ0) is 20.9. The Balaban J connectivity index is 1.72. The van der Waals surface area contributed by atoms with Crippen molar-refractivity contribution in [3.63, 3.8) is 0 Å². The Kier molecular flexibility index (Phi) is 5.84. The number of benzene rings is 2. The minimum atomic E-state index is 0.000112. The van der Waals surface area contributed by atoms with Crippen LogP contribution in [0.5, 0.6) is 0 Å². The van der Waals surface area contributed by atoms with Crippen molar-refractivity contribution >= 4 is 16.8 Å². The second-order valence-electron chi connectivity index (χ2n) is 7.52. The summed E-state index contributed by atoms with van der Waals surface area (Å²) in [6.45, 7) is 5.10.